The highest BCUT2D eigenvalue weighted by Gasteiger charge is 2.29. The summed E-state index contributed by atoms with van der Waals surface area (Å²) < 4.78 is 0. The average molecular weight is 262 g/mol. The molecule has 1 aromatic carbocycles. The van der Waals surface area contributed by atoms with Crippen LogP contribution in [0.5, 0.6) is 0 Å². The topological polar surface area (TPSA) is 40.5 Å². The van der Waals surface area contributed by atoms with Crippen LogP contribution in [0.25, 0.3) is 0 Å². The van der Waals surface area contributed by atoms with E-state index in [-0.39, 0.29) is 6.10 Å². The summed E-state index contributed by atoms with van der Waals surface area (Å²) in [4.78, 5) is 0. The molecule has 2 rings (SSSR count). The van der Waals surface area contributed by atoms with Gasteiger partial charge < -0.3 is 10.2 Å². The van der Waals surface area contributed by atoms with E-state index in [1.165, 1.54) is 5.56 Å². The summed E-state index contributed by atoms with van der Waals surface area (Å²) >= 11 is 0. The summed E-state index contributed by atoms with van der Waals surface area (Å²) in [6.07, 6.45) is 7.25. The first-order valence-corrected chi connectivity index (χ1v) is 7.65. The number of benzene rings is 1. The third-order valence-electron chi connectivity index (χ3n) is 4.45. The highest BCUT2D eigenvalue weighted by atomic mass is 16.3. The van der Waals surface area contributed by atoms with Crippen LogP contribution in [-0.2, 0) is 0 Å². The Labute approximate surface area is 116 Å². The highest BCUT2D eigenvalue weighted by Crippen LogP contribution is 2.38. The monoisotopic (exact) mass is 262 g/mol. The molecule has 0 aliphatic heterocycles. The molecule has 1 aliphatic rings. The number of hydrogen-bond donors (Lipinski definition) is 2. The van der Waals surface area contributed by atoms with E-state index in [1.807, 2.05) is 0 Å². The van der Waals surface area contributed by atoms with Crippen molar-refractivity contribution in [3.8, 4) is 0 Å². The normalized spacial score (nSPS) is 27.4. The molecular formula is C17H26O2. The molecule has 1 saturated carbocycles. The smallest absolute Gasteiger partial charge is 0.0568 e. The Morgan fingerprint density at radius 3 is 2.53 bits per heavy atom. The van der Waals surface area contributed by atoms with Crippen LogP contribution < -0.4 is 0 Å². The van der Waals surface area contributed by atoms with Crippen LogP contribution in [0.15, 0.2) is 30.3 Å². The molecule has 1 fully saturated rings. The van der Waals surface area contributed by atoms with Gasteiger partial charge in [-0.25, -0.2) is 0 Å². The van der Waals surface area contributed by atoms with Gasteiger partial charge in [0.2, 0.25) is 0 Å². The molecule has 0 spiro atoms. The second-order valence-electron chi connectivity index (χ2n) is 5.82. The number of aliphatic hydroxyl groups excluding tert-OH is 2. The van der Waals surface area contributed by atoms with Crippen molar-refractivity contribution in [2.75, 3.05) is 6.61 Å². The number of unbranched alkanes of at least 4 members (excludes halogenated alkanes) is 2. The van der Waals surface area contributed by atoms with Crippen molar-refractivity contribution in [2.45, 2.75) is 57.0 Å². The molecule has 0 amide bonds. The molecule has 19 heavy (non-hydrogen) atoms. The second-order valence-corrected chi connectivity index (χ2v) is 5.82. The summed E-state index contributed by atoms with van der Waals surface area (Å²) in [6, 6.07) is 10.7. The predicted molar refractivity (Wildman–Crippen MR) is 78.1 cm³/mol. The minimum Gasteiger partial charge on any atom is -0.396 e. The lowest BCUT2D eigenvalue weighted by Crippen LogP contribution is -2.28. The summed E-state index contributed by atoms with van der Waals surface area (Å²) in [7, 11) is 0. The zero-order valence-electron chi connectivity index (χ0n) is 11.7. The van der Waals surface area contributed by atoms with E-state index in [4.69, 9.17) is 5.11 Å². The van der Waals surface area contributed by atoms with Crippen molar-refractivity contribution in [3.05, 3.63) is 35.9 Å². The predicted octanol–water partition coefficient (Wildman–Crippen LogP) is 3.48. The van der Waals surface area contributed by atoms with Crippen LogP contribution in [0.2, 0.25) is 0 Å². The Kier molecular flexibility index (Phi) is 5.87. The van der Waals surface area contributed by atoms with Crippen LogP contribution in [0.3, 0.4) is 0 Å². The molecule has 3 atom stereocenters. The van der Waals surface area contributed by atoms with Crippen LogP contribution in [0.1, 0.15) is 56.4 Å². The van der Waals surface area contributed by atoms with Gasteiger partial charge in [0, 0.05) is 6.61 Å². The average Bonchev–Trinajstić information content (AvgIpc) is 2.46. The fourth-order valence-corrected chi connectivity index (χ4v) is 3.28. The van der Waals surface area contributed by atoms with Crippen molar-refractivity contribution >= 4 is 0 Å². The third-order valence-corrected chi connectivity index (χ3v) is 4.45. The maximum Gasteiger partial charge on any atom is 0.0568 e. The van der Waals surface area contributed by atoms with Gasteiger partial charge in [-0.05, 0) is 49.5 Å². The molecular weight excluding hydrogens is 236 g/mol. The Hall–Kier alpha value is -0.860. The summed E-state index contributed by atoms with van der Waals surface area (Å²) in [6.45, 7) is 0.292. The summed E-state index contributed by atoms with van der Waals surface area (Å²) in [5.74, 6) is 1.06. The van der Waals surface area contributed by atoms with E-state index in [0.717, 1.165) is 44.9 Å². The van der Waals surface area contributed by atoms with Gasteiger partial charge in [-0.2, -0.15) is 0 Å². The first kappa shape index (κ1) is 14.5. The lowest BCUT2D eigenvalue weighted by Gasteiger charge is -2.33. The lowest BCUT2D eigenvalue weighted by molar-refractivity contribution is 0.0558. The van der Waals surface area contributed by atoms with Crippen molar-refractivity contribution in [2.24, 2.45) is 5.92 Å². The molecule has 0 heterocycles. The molecule has 106 valence electrons. The molecule has 0 bridgehead atoms. The Morgan fingerprint density at radius 2 is 1.79 bits per heavy atom. The van der Waals surface area contributed by atoms with E-state index in [0.29, 0.717) is 18.4 Å². The first-order chi connectivity index (χ1) is 9.31. The van der Waals surface area contributed by atoms with Gasteiger partial charge >= 0.3 is 0 Å². The van der Waals surface area contributed by atoms with Gasteiger partial charge in [-0.15, -0.1) is 0 Å². The van der Waals surface area contributed by atoms with Gasteiger partial charge in [0.05, 0.1) is 6.10 Å². The van der Waals surface area contributed by atoms with E-state index in [1.54, 1.807) is 0 Å². The standard InChI is InChI=1S/C17H26O2/c18-12-6-2-5-9-16-13-15(10-11-17(16)19)14-7-3-1-4-8-14/h1,3-4,7-8,15-19H,2,5-6,9-13H2. The van der Waals surface area contributed by atoms with Gasteiger partial charge in [-0.1, -0.05) is 43.2 Å². The van der Waals surface area contributed by atoms with E-state index in [2.05, 4.69) is 30.3 Å². The van der Waals surface area contributed by atoms with E-state index in [9.17, 15) is 5.11 Å². The Morgan fingerprint density at radius 1 is 1.00 bits per heavy atom. The molecule has 2 N–H and O–H groups in total. The van der Waals surface area contributed by atoms with Crippen LogP contribution >= 0.6 is 0 Å². The Bertz CT molecular complexity index is 350. The maximum atomic E-state index is 10.1. The number of rotatable bonds is 6. The largest absolute Gasteiger partial charge is 0.396 e. The third kappa shape index (κ3) is 4.32. The van der Waals surface area contributed by atoms with Crippen LogP contribution in [0, 0.1) is 5.92 Å². The molecule has 1 aliphatic carbocycles. The minimum absolute atomic E-state index is 0.117. The number of hydrogen-bond acceptors (Lipinski definition) is 2. The van der Waals surface area contributed by atoms with Crippen LogP contribution in [0.4, 0.5) is 0 Å². The van der Waals surface area contributed by atoms with Crippen molar-refractivity contribution in [1.82, 2.24) is 0 Å². The van der Waals surface area contributed by atoms with E-state index < -0.39 is 0 Å². The van der Waals surface area contributed by atoms with Gasteiger partial charge in [-0.3, -0.25) is 0 Å². The minimum atomic E-state index is -0.117. The molecule has 0 saturated heterocycles. The Balaban J connectivity index is 1.85. The molecule has 1 aromatic rings. The van der Waals surface area contributed by atoms with Crippen LogP contribution in [-0.4, -0.2) is 22.9 Å². The fraction of sp³-hybridized carbons (Fsp3) is 0.647. The fourth-order valence-electron chi connectivity index (χ4n) is 3.28. The summed E-state index contributed by atoms with van der Waals surface area (Å²) in [5.41, 5.74) is 1.43. The molecule has 3 unspecified atom stereocenters. The summed E-state index contributed by atoms with van der Waals surface area (Å²) in [5, 5.41) is 18.9. The molecule has 2 nitrogen and oxygen atoms in total. The zero-order valence-corrected chi connectivity index (χ0v) is 11.7. The lowest BCUT2D eigenvalue weighted by atomic mass is 9.74. The zero-order chi connectivity index (χ0) is 13.5. The quantitative estimate of drug-likeness (QED) is 0.771. The molecule has 0 radical (unpaired) electrons. The number of aliphatic hydroxyl groups is 2. The second kappa shape index (κ2) is 7.66. The van der Waals surface area contributed by atoms with Gasteiger partial charge in [0.25, 0.3) is 0 Å². The SMILES string of the molecule is OCCCCCC1CC(c2ccccc2)CCC1O. The molecule has 0 aromatic heterocycles. The van der Waals surface area contributed by atoms with E-state index >= 15 is 0 Å². The first-order valence-electron chi connectivity index (χ1n) is 7.65. The highest BCUT2D eigenvalue weighted by molar-refractivity contribution is 5.20. The van der Waals surface area contributed by atoms with Crippen molar-refractivity contribution in [3.63, 3.8) is 0 Å². The van der Waals surface area contributed by atoms with Gasteiger partial charge in [0.15, 0.2) is 0 Å². The molecule has 2 heteroatoms. The maximum absolute atomic E-state index is 10.1. The van der Waals surface area contributed by atoms with Crippen molar-refractivity contribution < 1.29 is 10.2 Å². The van der Waals surface area contributed by atoms with Gasteiger partial charge in [0.1, 0.15) is 0 Å². The van der Waals surface area contributed by atoms with Crippen molar-refractivity contribution in [1.29, 1.82) is 0 Å².